The van der Waals surface area contributed by atoms with Crippen LogP contribution in [0.3, 0.4) is 0 Å². The molecule has 3 unspecified atom stereocenters. The van der Waals surface area contributed by atoms with Crippen molar-refractivity contribution < 1.29 is 0 Å². The average Bonchev–Trinajstić information content (AvgIpc) is 1.97. The third-order valence-corrected chi connectivity index (χ3v) is 2.93. The molecule has 3 atom stereocenters. The molecule has 0 spiro atoms. The molecule has 1 aliphatic carbocycles. The van der Waals surface area contributed by atoms with E-state index in [4.69, 9.17) is 0 Å². The molecule has 1 saturated carbocycles. The zero-order chi connectivity index (χ0) is 7.84. The minimum atomic E-state index is 0.620. The van der Waals surface area contributed by atoms with Crippen molar-refractivity contribution in [3.63, 3.8) is 0 Å². The quantitative estimate of drug-likeness (QED) is 0.559. The highest BCUT2D eigenvalue weighted by Gasteiger charge is 2.30. The molecule has 0 aromatic rings. The number of rotatable bonds is 0. The fourth-order valence-corrected chi connectivity index (χ4v) is 2.19. The highest BCUT2D eigenvalue weighted by Crippen LogP contribution is 2.29. The predicted molar refractivity (Wildman–Crippen MR) is 46.8 cm³/mol. The Morgan fingerprint density at radius 2 is 2.27 bits per heavy atom. The first-order chi connectivity index (χ1) is 5.25. The van der Waals surface area contributed by atoms with E-state index >= 15 is 0 Å². The van der Waals surface area contributed by atoms with Crippen LogP contribution in [0.1, 0.15) is 33.1 Å². The molecule has 0 radical (unpaired) electrons. The maximum atomic E-state index is 4.59. The molecule has 1 aliphatic heterocycles. The summed E-state index contributed by atoms with van der Waals surface area (Å²) >= 11 is 0. The van der Waals surface area contributed by atoms with Gasteiger partial charge in [-0.05, 0) is 32.1 Å². The summed E-state index contributed by atoms with van der Waals surface area (Å²) in [7, 11) is 0. The van der Waals surface area contributed by atoms with Crippen molar-refractivity contribution in [1.82, 2.24) is 5.32 Å². The lowest BCUT2D eigenvalue weighted by molar-refractivity contribution is 0.273. The third-order valence-electron chi connectivity index (χ3n) is 2.93. The summed E-state index contributed by atoms with van der Waals surface area (Å²) in [5.74, 6) is 1.96. The number of hydrogen-bond acceptors (Lipinski definition) is 2. The summed E-state index contributed by atoms with van der Waals surface area (Å²) in [6.07, 6.45) is 3.95. The van der Waals surface area contributed by atoms with E-state index < -0.39 is 0 Å². The van der Waals surface area contributed by atoms with E-state index in [0.29, 0.717) is 6.04 Å². The van der Waals surface area contributed by atoms with Gasteiger partial charge in [0, 0.05) is 6.04 Å². The molecule has 2 rings (SSSR count). The largest absolute Gasteiger partial charge is 0.371 e. The first-order valence-electron chi connectivity index (χ1n) is 4.56. The second-order valence-corrected chi connectivity index (χ2v) is 3.91. The monoisotopic (exact) mass is 152 g/mol. The SMILES string of the molecule is CC1=NC2CC(CCC2C)N1. The van der Waals surface area contributed by atoms with Gasteiger partial charge < -0.3 is 5.32 Å². The van der Waals surface area contributed by atoms with E-state index in [1.807, 2.05) is 0 Å². The number of amidine groups is 1. The first-order valence-corrected chi connectivity index (χ1v) is 4.56. The fraction of sp³-hybridized carbons (Fsp3) is 0.889. The smallest absolute Gasteiger partial charge is 0.0937 e. The fourth-order valence-electron chi connectivity index (χ4n) is 2.19. The maximum Gasteiger partial charge on any atom is 0.0937 e. The van der Waals surface area contributed by atoms with Gasteiger partial charge in [-0.15, -0.1) is 0 Å². The van der Waals surface area contributed by atoms with Crippen molar-refractivity contribution in [2.75, 3.05) is 0 Å². The molecular weight excluding hydrogens is 136 g/mol. The van der Waals surface area contributed by atoms with Gasteiger partial charge in [0.05, 0.1) is 11.9 Å². The number of aliphatic imine (C=N–C) groups is 1. The molecule has 2 aliphatic rings. The summed E-state index contributed by atoms with van der Waals surface area (Å²) < 4.78 is 0. The molecule has 1 heterocycles. The zero-order valence-corrected chi connectivity index (χ0v) is 7.30. The first kappa shape index (κ1) is 7.14. The molecule has 1 fully saturated rings. The summed E-state index contributed by atoms with van der Waals surface area (Å²) in [4.78, 5) is 4.59. The lowest BCUT2D eigenvalue weighted by atomic mass is 9.82. The molecule has 0 saturated heterocycles. The summed E-state index contributed by atoms with van der Waals surface area (Å²) in [6, 6.07) is 1.35. The van der Waals surface area contributed by atoms with Gasteiger partial charge in [0.25, 0.3) is 0 Å². The molecule has 0 aromatic carbocycles. The van der Waals surface area contributed by atoms with Crippen LogP contribution in [-0.2, 0) is 0 Å². The average molecular weight is 152 g/mol. The molecule has 1 N–H and O–H groups in total. The number of hydrogen-bond donors (Lipinski definition) is 1. The van der Waals surface area contributed by atoms with E-state index in [-0.39, 0.29) is 0 Å². The highest BCUT2D eigenvalue weighted by atomic mass is 15.1. The van der Waals surface area contributed by atoms with Gasteiger partial charge in [-0.1, -0.05) is 6.92 Å². The van der Waals surface area contributed by atoms with Crippen molar-refractivity contribution in [1.29, 1.82) is 0 Å². The van der Waals surface area contributed by atoms with Gasteiger partial charge in [0.2, 0.25) is 0 Å². The Labute approximate surface area is 68.1 Å². The normalized spacial score (nSPS) is 42.7. The number of nitrogens with one attached hydrogen (secondary N) is 1. The van der Waals surface area contributed by atoms with E-state index in [1.165, 1.54) is 19.3 Å². The Hall–Kier alpha value is -0.530. The Morgan fingerprint density at radius 3 is 3.09 bits per heavy atom. The summed E-state index contributed by atoms with van der Waals surface area (Å²) in [5.41, 5.74) is 0. The van der Waals surface area contributed by atoms with Crippen LogP contribution in [0.25, 0.3) is 0 Å². The molecular formula is C9H16N2. The van der Waals surface area contributed by atoms with Gasteiger partial charge in [-0.3, -0.25) is 4.99 Å². The molecule has 0 amide bonds. The van der Waals surface area contributed by atoms with Crippen LogP contribution in [0.15, 0.2) is 4.99 Å². The van der Waals surface area contributed by atoms with Gasteiger partial charge in [-0.25, -0.2) is 0 Å². The highest BCUT2D eigenvalue weighted by molar-refractivity contribution is 5.80. The zero-order valence-electron chi connectivity index (χ0n) is 7.30. The van der Waals surface area contributed by atoms with E-state index in [0.717, 1.165) is 17.8 Å². The van der Waals surface area contributed by atoms with Gasteiger partial charge in [0.1, 0.15) is 0 Å². The van der Waals surface area contributed by atoms with E-state index in [2.05, 4.69) is 24.2 Å². The van der Waals surface area contributed by atoms with Crippen LogP contribution in [0.4, 0.5) is 0 Å². The second-order valence-electron chi connectivity index (χ2n) is 3.91. The minimum Gasteiger partial charge on any atom is -0.371 e. The Balaban J connectivity index is 2.17. The second kappa shape index (κ2) is 2.50. The molecule has 2 nitrogen and oxygen atoms in total. The minimum absolute atomic E-state index is 0.620. The van der Waals surface area contributed by atoms with Crippen LogP contribution in [-0.4, -0.2) is 17.9 Å². The molecule has 0 aromatic heterocycles. The maximum absolute atomic E-state index is 4.59. The Morgan fingerprint density at radius 1 is 1.45 bits per heavy atom. The Bertz CT molecular complexity index is 186. The summed E-state index contributed by atoms with van der Waals surface area (Å²) in [5, 5.41) is 3.42. The molecule has 11 heavy (non-hydrogen) atoms. The van der Waals surface area contributed by atoms with Crippen molar-refractivity contribution in [2.45, 2.75) is 45.2 Å². The van der Waals surface area contributed by atoms with Gasteiger partial charge in [-0.2, -0.15) is 0 Å². The lowest BCUT2D eigenvalue weighted by Gasteiger charge is -2.37. The van der Waals surface area contributed by atoms with Crippen LogP contribution in [0.5, 0.6) is 0 Å². The van der Waals surface area contributed by atoms with Gasteiger partial charge >= 0.3 is 0 Å². The van der Waals surface area contributed by atoms with Crippen molar-refractivity contribution in [3.8, 4) is 0 Å². The topological polar surface area (TPSA) is 24.4 Å². The van der Waals surface area contributed by atoms with Gasteiger partial charge in [0.15, 0.2) is 0 Å². The van der Waals surface area contributed by atoms with Crippen molar-refractivity contribution in [2.24, 2.45) is 10.9 Å². The summed E-state index contributed by atoms with van der Waals surface area (Å²) in [6.45, 7) is 4.40. The molecule has 2 heteroatoms. The van der Waals surface area contributed by atoms with E-state index in [9.17, 15) is 0 Å². The third kappa shape index (κ3) is 1.26. The van der Waals surface area contributed by atoms with Crippen molar-refractivity contribution >= 4 is 5.84 Å². The van der Waals surface area contributed by atoms with Crippen LogP contribution in [0, 0.1) is 5.92 Å². The molecule has 2 bridgehead atoms. The van der Waals surface area contributed by atoms with Crippen molar-refractivity contribution in [3.05, 3.63) is 0 Å². The standard InChI is InChI=1S/C9H16N2/c1-6-3-4-8-5-9(6)11-7(2)10-8/h6,8-9H,3-5H2,1-2H3,(H,10,11). The van der Waals surface area contributed by atoms with Crippen LogP contribution < -0.4 is 5.32 Å². The van der Waals surface area contributed by atoms with E-state index in [1.54, 1.807) is 0 Å². The predicted octanol–water partition coefficient (Wildman–Crippen LogP) is 1.57. The van der Waals surface area contributed by atoms with Crippen LogP contribution >= 0.6 is 0 Å². The Kier molecular flexibility index (Phi) is 1.63. The molecule has 62 valence electrons. The lowest BCUT2D eigenvalue weighted by Crippen LogP contribution is -2.46. The van der Waals surface area contributed by atoms with Crippen LogP contribution in [0.2, 0.25) is 0 Å². The number of fused-ring (bicyclic) bond motifs is 2. The number of nitrogens with zero attached hydrogens (tertiary/aromatic N) is 1.